The van der Waals surface area contributed by atoms with Crippen LogP contribution < -0.4 is 14.8 Å². The maximum atomic E-state index is 10.9. The average Bonchev–Trinajstić information content (AvgIpc) is 2.80. The molecule has 1 aromatic rings. The zero-order valence-corrected chi connectivity index (χ0v) is 10.6. The summed E-state index contributed by atoms with van der Waals surface area (Å²) in [6.45, 7) is 0.943. The summed E-state index contributed by atoms with van der Waals surface area (Å²) >= 11 is 0. The van der Waals surface area contributed by atoms with E-state index in [1.165, 1.54) is 7.11 Å². The Kier molecular flexibility index (Phi) is 4.04. The highest BCUT2D eigenvalue weighted by Gasteiger charge is 2.22. The number of hydrogen-bond acceptors (Lipinski definition) is 5. The van der Waals surface area contributed by atoms with E-state index in [0.717, 1.165) is 11.3 Å². The van der Waals surface area contributed by atoms with Crippen LogP contribution in [0.1, 0.15) is 18.0 Å². The molecule has 1 aliphatic heterocycles. The van der Waals surface area contributed by atoms with Gasteiger partial charge in [-0.15, -0.1) is 0 Å². The van der Waals surface area contributed by atoms with E-state index in [-0.39, 0.29) is 18.4 Å². The molecule has 18 heavy (non-hydrogen) atoms. The van der Waals surface area contributed by atoms with Gasteiger partial charge in [0.1, 0.15) is 18.1 Å². The molecule has 1 heterocycles. The van der Waals surface area contributed by atoms with Crippen molar-refractivity contribution < 1.29 is 19.0 Å². The highest BCUT2D eigenvalue weighted by atomic mass is 16.5. The summed E-state index contributed by atoms with van der Waals surface area (Å²) in [5, 5.41) is 3.18. The average molecular weight is 251 g/mol. The van der Waals surface area contributed by atoms with Crippen LogP contribution in [-0.2, 0) is 9.53 Å². The molecule has 1 N–H and O–H groups in total. The fourth-order valence-electron chi connectivity index (χ4n) is 1.87. The molecular weight excluding hydrogens is 234 g/mol. The van der Waals surface area contributed by atoms with Gasteiger partial charge in [0.05, 0.1) is 26.2 Å². The number of carbonyl (C=O) groups is 1. The standard InChI is InChI=1S/C13H17NO4/c1-14-11-8-18-12-7-9(3-4-10(11)12)17-6-5-13(15)16-2/h3-4,7,11,14H,5-6,8H2,1-2H3. The van der Waals surface area contributed by atoms with E-state index < -0.39 is 0 Å². The lowest BCUT2D eigenvalue weighted by Crippen LogP contribution is -2.17. The van der Waals surface area contributed by atoms with Crippen molar-refractivity contribution in [2.24, 2.45) is 0 Å². The number of likely N-dealkylation sites (N-methyl/N-ethyl adjacent to an activating group) is 1. The second-order valence-electron chi connectivity index (χ2n) is 4.03. The Morgan fingerprint density at radius 1 is 1.56 bits per heavy atom. The number of rotatable bonds is 5. The highest BCUT2D eigenvalue weighted by Crippen LogP contribution is 2.34. The zero-order chi connectivity index (χ0) is 13.0. The van der Waals surface area contributed by atoms with Crippen LogP contribution >= 0.6 is 0 Å². The van der Waals surface area contributed by atoms with Crippen molar-refractivity contribution in [3.05, 3.63) is 23.8 Å². The van der Waals surface area contributed by atoms with Gasteiger partial charge < -0.3 is 19.5 Å². The first-order valence-electron chi connectivity index (χ1n) is 5.88. The monoisotopic (exact) mass is 251 g/mol. The Morgan fingerprint density at radius 2 is 2.39 bits per heavy atom. The molecule has 5 heteroatoms. The summed E-state index contributed by atoms with van der Waals surface area (Å²) < 4.78 is 15.6. The Morgan fingerprint density at radius 3 is 3.11 bits per heavy atom. The zero-order valence-electron chi connectivity index (χ0n) is 10.6. The molecule has 0 amide bonds. The third-order valence-electron chi connectivity index (χ3n) is 2.92. The lowest BCUT2D eigenvalue weighted by Gasteiger charge is -2.08. The van der Waals surface area contributed by atoms with Crippen LogP contribution in [0.2, 0.25) is 0 Å². The molecule has 1 atom stereocenters. The fourth-order valence-corrected chi connectivity index (χ4v) is 1.87. The minimum Gasteiger partial charge on any atom is -0.493 e. The Labute approximate surface area is 106 Å². The third-order valence-corrected chi connectivity index (χ3v) is 2.92. The molecule has 0 aromatic heterocycles. The number of ether oxygens (including phenoxy) is 3. The van der Waals surface area contributed by atoms with Gasteiger partial charge in [-0.1, -0.05) is 0 Å². The lowest BCUT2D eigenvalue weighted by molar-refractivity contribution is -0.141. The molecule has 0 saturated heterocycles. The first kappa shape index (κ1) is 12.7. The number of fused-ring (bicyclic) bond motifs is 1. The number of methoxy groups -OCH3 is 1. The van der Waals surface area contributed by atoms with Crippen molar-refractivity contribution >= 4 is 5.97 Å². The lowest BCUT2D eigenvalue weighted by atomic mass is 10.1. The van der Waals surface area contributed by atoms with Gasteiger partial charge in [0.15, 0.2) is 0 Å². The molecule has 5 nitrogen and oxygen atoms in total. The summed E-state index contributed by atoms with van der Waals surface area (Å²) in [6, 6.07) is 5.96. The van der Waals surface area contributed by atoms with Crippen LogP contribution in [0.4, 0.5) is 0 Å². The van der Waals surface area contributed by atoms with Gasteiger partial charge in [-0.2, -0.15) is 0 Å². The Bertz CT molecular complexity index is 433. The van der Waals surface area contributed by atoms with E-state index in [2.05, 4.69) is 10.1 Å². The molecule has 98 valence electrons. The third kappa shape index (κ3) is 2.73. The van der Waals surface area contributed by atoms with Crippen LogP contribution in [0.3, 0.4) is 0 Å². The van der Waals surface area contributed by atoms with Gasteiger partial charge in [0, 0.05) is 11.6 Å². The molecule has 0 spiro atoms. The van der Waals surface area contributed by atoms with Crippen molar-refractivity contribution in [3.63, 3.8) is 0 Å². The number of carbonyl (C=O) groups excluding carboxylic acids is 1. The first-order valence-corrected chi connectivity index (χ1v) is 5.88. The molecule has 1 unspecified atom stereocenters. The maximum absolute atomic E-state index is 10.9. The molecular formula is C13H17NO4. The van der Waals surface area contributed by atoms with E-state index in [9.17, 15) is 4.79 Å². The van der Waals surface area contributed by atoms with Gasteiger partial charge in [-0.3, -0.25) is 4.79 Å². The second kappa shape index (κ2) is 5.73. The Balaban J connectivity index is 1.94. The van der Waals surface area contributed by atoms with E-state index in [0.29, 0.717) is 19.0 Å². The summed E-state index contributed by atoms with van der Waals surface area (Å²) in [5.41, 5.74) is 1.14. The van der Waals surface area contributed by atoms with E-state index >= 15 is 0 Å². The molecule has 2 rings (SSSR count). The van der Waals surface area contributed by atoms with E-state index in [1.54, 1.807) is 0 Å². The van der Waals surface area contributed by atoms with Crippen molar-refractivity contribution in [1.82, 2.24) is 5.32 Å². The number of nitrogens with one attached hydrogen (secondary N) is 1. The Hall–Kier alpha value is -1.75. The van der Waals surface area contributed by atoms with Crippen LogP contribution in [-0.4, -0.2) is 33.3 Å². The molecule has 0 fully saturated rings. The smallest absolute Gasteiger partial charge is 0.308 e. The van der Waals surface area contributed by atoms with E-state index in [1.807, 2.05) is 25.2 Å². The van der Waals surface area contributed by atoms with Crippen LogP contribution in [0.25, 0.3) is 0 Å². The van der Waals surface area contributed by atoms with Crippen molar-refractivity contribution in [1.29, 1.82) is 0 Å². The van der Waals surface area contributed by atoms with Gasteiger partial charge in [-0.05, 0) is 19.2 Å². The molecule has 1 aromatic carbocycles. The summed E-state index contributed by atoms with van der Waals surface area (Å²) in [7, 11) is 3.27. The number of esters is 1. The predicted octanol–water partition coefficient (Wildman–Crippen LogP) is 1.28. The number of hydrogen-bond donors (Lipinski definition) is 1. The van der Waals surface area contributed by atoms with Gasteiger partial charge >= 0.3 is 5.97 Å². The van der Waals surface area contributed by atoms with Crippen molar-refractivity contribution in [2.45, 2.75) is 12.5 Å². The van der Waals surface area contributed by atoms with Crippen molar-refractivity contribution in [3.8, 4) is 11.5 Å². The molecule has 0 radical (unpaired) electrons. The van der Waals surface area contributed by atoms with Gasteiger partial charge in [-0.25, -0.2) is 0 Å². The summed E-state index contributed by atoms with van der Waals surface area (Å²) in [4.78, 5) is 10.9. The van der Waals surface area contributed by atoms with Crippen LogP contribution in [0.5, 0.6) is 11.5 Å². The fraction of sp³-hybridized carbons (Fsp3) is 0.462. The topological polar surface area (TPSA) is 56.8 Å². The maximum Gasteiger partial charge on any atom is 0.308 e. The molecule has 0 bridgehead atoms. The first-order chi connectivity index (χ1) is 8.74. The van der Waals surface area contributed by atoms with Crippen LogP contribution in [0, 0.1) is 0 Å². The SMILES string of the molecule is CNC1COc2cc(OCCC(=O)OC)ccc21. The largest absolute Gasteiger partial charge is 0.493 e. The number of benzene rings is 1. The predicted molar refractivity (Wildman–Crippen MR) is 65.9 cm³/mol. The molecule has 0 aliphatic carbocycles. The highest BCUT2D eigenvalue weighted by molar-refractivity contribution is 5.69. The summed E-state index contributed by atoms with van der Waals surface area (Å²) in [5.74, 6) is 1.27. The second-order valence-corrected chi connectivity index (χ2v) is 4.03. The summed E-state index contributed by atoms with van der Waals surface area (Å²) in [6.07, 6.45) is 0.244. The van der Waals surface area contributed by atoms with Crippen LogP contribution in [0.15, 0.2) is 18.2 Å². The molecule has 0 saturated carbocycles. The minimum atomic E-state index is -0.275. The van der Waals surface area contributed by atoms with Crippen molar-refractivity contribution in [2.75, 3.05) is 27.4 Å². The normalized spacial score (nSPS) is 16.9. The quantitative estimate of drug-likeness (QED) is 0.799. The van der Waals surface area contributed by atoms with E-state index in [4.69, 9.17) is 9.47 Å². The van der Waals surface area contributed by atoms with Gasteiger partial charge in [0.2, 0.25) is 0 Å². The molecule has 1 aliphatic rings. The minimum absolute atomic E-state index is 0.240. The van der Waals surface area contributed by atoms with Gasteiger partial charge in [0.25, 0.3) is 0 Å².